The van der Waals surface area contributed by atoms with Crippen molar-refractivity contribution < 1.29 is 5.11 Å². The fourth-order valence-electron chi connectivity index (χ4n) is 0.865. The molecule has 0 amide bonds. The van der Waals surface area contributed by atoms with Crippen LogP contribution in [-0.2, 0) is 0 Å². The molecule has 0 aliphatic carbocycles. The van der Waals surface area contributed by atoms with Crippen molar-refractivity contribution in [1.82, 2.24) is 4.90 Å². The summed E-state index contributed by atoms with van der Waals surface area (Å²) in [6, 6.07) is 0. The first-order valence-electron chi connectivity index (χ1n) is 3.96. The van der Waals surface area contributed by atoms with E-state index in [1.807, 2.05) is 0 Å². The van der Waals surface area contributed by atoms with Crippen molar-refractivity contribution in [2.24, 2.45) is 5.92 Å². The molecule has 0 aromatic heterocycles. The van der Waals surface area contributed by atoms with Crippen LogP contribution >= 0.6 is 0 Å². The third-order valence-corrected chi connectivity index (χ3v) is 1.82. The summed E-state index contributed by atoms with van der Waals surface area (Å²) < 4.78 is 0. The van der Waals surface area contributed by atoms with Crippen molar-refractivity contribution in [2.75, 3.05) is 27.2 Å². The molecule has 0 fully saturated rings. The van der Waals surface area contributed by atoms with Gasteiger partial charge in [0.1, 0.15) is 0 Å². The van der Waals surface area contributed by atoms with E-state index in [0.717, 1.165) is 19.4 Å². The molecule has 0 radical (unpaired) electrons. The summed E-state index contributed by atoms with van der Waals surface area (Å²) in [6.45, 7) is 3.54. The zero-order chi connectivity index (χ0) is 7.98. The Labute approximate surface area is 63.8 Å². The van der Waals surface area contributed by atoms with Crippen LogP contribution in [0.2, 0.25) is 0 Å². The molecule has 1 unspecified atom stereocenters. The molecule has 0 aliphatic heterocycles. The van der Waals surface area contributed by atoms with E-state index in [4.69, 9.17) is 5.11 Å². The second-order valence-electron chi connectivity index (χ2n) is 3.05. The third-order valence-electron chi connectivity index (χ3n) is 1.82. The van der Waals surface area contributed by atoms with Crippen LogP contribution in [0.5, 0.6) is 0 Å². The summed E-state index contributed by atoms with van der Waals surface area (Å²) in [4.78, 5) is 2.15. The largest absolute Gasteiger partial charge is 0.396 e. The highest BCUT2D eigenvalue weighted by atomic mass is 16.3. The van der Waals surface area contributed by atoms with Crippen molar-refractivity contribution in [3.63, 3.8) is 0 Å². The van der Waals surface area contributed by atoms with Crippen LogP contribution in [0, 0.1) is 5.92 Å². The standard InChI is InChI=1S/C8H19NO/c1-4-8(7-10)5-6-9(2)3/h8,10H,4-7H2,1-3H3. The molecular formula is C8H19NO. The zero-order valence-electron chi connectivity index (χ0n) is 7.30. The Balaban J connectivity index is 3.26. The van der Waals surface area contributed by atoms with Crippen LogP contribution in [0.25, 0.3) is 0 Å². The van der Waals surface area contributed by atoms with Crippen LogP contribution in [-0.4, -0.2) is 37.3 Å². The van der Waals surface area contributed by atoms with Gasteiger partial charge in [-0.15, -0.1) is 0 Å². The number of hydrogen-bond donors (Lipinski definition) is 1. The number of hydrogen-bond acceptors (Lipinski definition) is 2. The molecular weight excluding hydrogens is 126 g/mol. The van der Waals surface area contributed by atoms with E-state index in [2.05, 4.69) is 25.9 Å². The van der Waals surface area contributed by atoms with Gasteiger partial charge in [-0.3, -0.25) is 0 Å². The number of nitrogens with zero attached hydrogens (tertiary/aromatic N) is 1. The summed E-state index contributed by atoms with van der Waals surface area (Å²) in [6.07, 6.45) is 2.20. The highest BCUT2D eigenvalue weighted by Crippen LogP contribution is 2.06. The van der Waals surface area contributed by atoms with Crippen LogP contribution in [0.3, 0.4) is 0 Å². The number of aliphatic hydroxyl groups excluding tert-OH is 1. The van der Waals surface area contributed by atoms with Crippen LogP contribution < -0.4 is 0 Å². The van der Waals surface area contributed by atoms with E-state index < -0.39 is 0 Å². The maximum absolute atomic E-state index is 8.82. The van der Waals surface area contributed by atoms with Gasteiger partial charge in [0.2, 0.25) is 0 Å². The van der Waals surface area contributed by atoms with Gasteiger partial charge in [0.05, 0.1) is 0 Å². The monoisotopic (exact) mass is 145 g/mol. The van der Waals surface area contributed by atoms with E-state index in [0.29, 0.717) is 12.5 Å². The molecule has 0 saturated heterocycles. The van der Waals surface area contributed by atoms with Gasteiger partial charge in [0, 0.05) is 6.61 Å². The summed E-state index contributed by atoms with van der Waals surface area (Å²) >= 11 is 0. The molecule has 2 nitrogen and oxygen atoms in total. The smallest absolute Gasteiger partial charge is 0.0459 e. The highest BCUT2D eigenvalue weighted by Gasteiger charge is 2.03. The average molecular weight is 145 g/mol. The van der Waals surface area contributed by atoms with Gasteiger partial charge in [-0.2, -0.15) is 0 Å². The Bertz CT molecular complexity index is 69.7. The van der Waals surface area contributed by atoms with Gasteiger partial charge in [-0.05, 0) is 33.0 Å². The first-order chi connectivity index (χ1) is 4.70. The molecule has 0 aromatic carbocycles. The second-order valence-corrected chi connectivity index (χ2v) is 3.05. The van der Waals surface area contributed by atoms with Crippen LogP contribution in [0.4, 0.5) is 0 Å². The zero-order valence-corrected chi connectivity index (χ0v) is 7.30. The van der Waals surface area contributed by atoms with E-state index in [1.54, 1.807) is 0 Å². The maximum atomic E-state index is 8.82. The highest BCUT2D eigenvalue weighted by molar-refractivity contribution is 4.56. The third kappa shape index (κ3) is 4.77. The van der Waals surface area contributed by atoms with Crippen molar-refractivity contribution in [3.8, 4) is 0 Å². The Kier molecular flexibility index (Phi) is 5.64. The van der Waals surface area contributed by atoms with Gasteiger partial charge in [-0.25, -0.2) is 0 Å². The molecule has 1 N–H and O–H groups in total. The minimum absolute atomic E-state index is 0.338. The fraction of sp³-hybridized carbons (Fsp3) is 1.00. The minimum atomic E-state index is 0.338. The van der Waals surface area contributed by atoms with Crippen molar-refractivity contribution in [2.45, 2.75) is 19.8 Å². The lowest BCUT2D eigenvalue weighted by atomic mass is 10.0. The fourth-order valence-corrected chi connectivity index (χ4v) is 0.865. The molecule has 62 valence electrons. The van der Waals surface area contributed by atoms with Crippen molar-refractivity contribution >= 4 is 0 Å². The first-order valence-corrected chi connectivity index (χ1v) is 3.96. The quantitative estimate of drug-likeness (QED) is 0.623. The van der Waals surface area contributed by atoms with Crippen LogP contribution in [0.15, 0.2) is 0 Å². The van der Waals surface area contributed by atoms with Gasteiger partial charge in [-0.1, -0.05) is 13.3 Å². The maximum Gasteiger partial charge on any atom is 0.0459 e. The summed E-state index contributed by atoms with van der Waals surface area (Å²) in [5, 5.41) is 8.82. The average Bonchev–Trinajstić information content (AvgIpc) is 1.90. The molecule has 0 bridgehead atoms. The molecule has 0 rings (SSSR count). The molecule has 0 spiro atoms. The molecule has 0 aliphatic rings. The van der Waals surface area contributed by atoms with Crippen LogP contribution in [0.1, 0.15) is 19.8 Å². The van der Waals surface area contributed by atoms with E-state index in [-0.39, 0.29) is 0 Å². The SMILES string of the molecule is CCC(CO)CCN(C)C. The Hall–Kier alpha value is -0.0800. The first kappa shape index (κ1) is 9.92. The Morgan fingerprint density at radius 1 is 1.40 bits per heavy atom. The molecule has 0 aromatic rings. The molecule has 0 heterocycles. The van der Waals surface area contributed by atoms with E-state index >= 15 is 0 Å². The van der Waals surface area contributed by atoms with Crippen molar-refractivity contribution in [1.29, 1.82) is 0 Å². The lowest BCUT2D eigenvalue weighted by molar-refractivity contribution is 0.203. The number of rotatable bonds is 5. The Morgan fingerprint density at radius 3 is 2.30 bits per heavy atom. The lowest BCUT2D eigenvalue weighted by Crippen LogP contribution is -2.17. The molecule has 0 saturated carbocycles. The van der Waals surface area contributed by atoms with E-state index in [1.165, 1.54) is 0 Å². The van der Waals surface area contributed by atoms with Gasteiger partial charge >= 0.3 is 0 Å². The number of aliphatic hydroxyl groups is 1. The second kappa shape index (κ2) is 5.69. The van der Waals surface area contributed by atoms with Gasteiger partial charge < -0.3 is 10.0 Å². The molecule has 2 heteroatoms. The Morgan fingerprint density at radius 2 is 2.00 bits per heavy atom. The normalized spacial score (nSPS) is 14.1. The van der Waals surface area contributed by atoms with Gasteiger partial charge in [0.25, 0.3) is 0 Å². The topological polar surface area (TPSA) is 23.5 Å². The summed E-state index contributed by atoms with van der Waals surface area (Å²) in [5.41, 5.74) is 0. The van der Waals surface area contributed by atoms with E-state index in [9.17, 15) is 0 Å². The predicted molar refractivity (Wildman–Crippen MR) is 44.0 cm³/mol. The summed E-state index contributed by atoms with van der Waals surface area (Å²) in [7, 11) is 4.12. The summed E-state index contributed by atoms with van der Waals surface area (Å²) in [5.74, 6) is 0.502. The molecule has 1 atom stereocenters. The lowest BCUT2D eigenvalue weighted by Gasteiger charge is -2.14. The minimum Gasteiger partial charge on any atom is -0.396 e. The van der Waals surface area contributed by atoms with Gasteiger partial charge in [0.15, 0.2) is 0 Å². The van der Waals surface area contributed by atoms with Crippen molar-refractivity contribution in [3.05, 3.63) is 0 Å². The molecule has 10 heavy (non-hydrogen) atoms. The predicted octanol–water partition coefficient (Wildman–Crippen LogP) is 0.957.